The summed E-state index contributed by atoms with van der Waals surface area (Å²) in [4.78, 5) is 0.318. The molecule has 0 N–H and O–H groups in total. The quantitative estimate of drug-likeness (QED) is 0.847. The molecule has 2 rings (SSSR count). The van der Waals surface area contributed by atoms with Crippen molar-refractivity contribution in [1.29, 1.82) is 0 Å². The van der Waals surface area contributed by atoms with E-state index in [9.17, 15) is 8.42 Å². The Balaban J connectivity index is 2.57. The Kier molecular flexibility index (Phi) is 3.34. The maximum Gasteiger partial charge on any atom is 0.176 e. The first-order chi connectivity index (χ1) is 8.50. The number of benzene rings is 2. The smallest absolute Gasteiger partial charge is 0.176 e. The number of hydrogen-bond acceptors (Lipinski definition) is 2. The Bertz CT molecular complexity index is 671. The lowest BCUT2D eigenvalue weighted by Crippen LogP contribution is -2.02. The normalized spacial score (nSPS) is 11.2. The van der Waals surface area contributed by atoms with Crippen LogP contribution in [0.1, 0.15) is 11.1 Å². The van der Waals surface area contributed by atoms with Crippen molar-refractivity contribution in [2.75, 3.05) is 6.26 Å². The van der Waals surface area contributed by atoms with E-state index in [2.05, 4.69) is 6.58 Å². The molecule has 0 unspecified atom stereocenters. The molecule has 0 aromatic heterocycles. The monoisotopic (exact) mass is 258 g/mol. The first kappa shape index (κ1) is 12.6. The molecule has 0 aliphatic carbocycles. The molecule has 0 amide bonds. The third-order valence-electron chi connectivity index (χ3n) is 2.73. The van der Waals surface area contributed by atoms with Gasteiger partial charge in [0.15, 0.2) is 9.84 Å². The molecule has 0 radical (unpaired) electrons. The molecule has 2 aromatic carbocycles. The van der Waals surface area contributed by atoms with Gasteiger partial charge in [0.05, 0.1) is 4.90 Å². The molecular formula is C15H14O2S. The first-order valence-corrected chi connectivity index (χ1v) is 7.43. The molecule has 92 valence electrons. The molecule has 2 aromatic rings. The molecule has 2 nitrogen and oxygen atoms in total. The highest BCUT2D eigenvalue weighted by atomic mass is 32.2. The van der Waals surface area contributed by atoms with E-state index in [0.717, 1.165) is 11.1 Å². The van der Waals surface area contributed by atoms with Crippen molar-refractivity contribution < 1.29 is 8.42 Å². The average Bonchev–Trinajstić information content (AvgIpc) is 2.38. The third kappa shape index (κ3) is 2.51. The van der Waals surface area contributed by atoms with Crippen LogP contribution in [0.4, 0.5) is 0 Å². The van der Waals surface area contributed by atoms with Crippen LogP contribution in [0.25, 0.3) is 5.57 Å². The van der Waals surface area contributed by atoms with Crippen LogP contribution in [-0.2, 0) is 9.84 Å². The number of sulfone groups is 1. The lowest BCUT2D eigenvalue weighted by atomic mass is 10.00. The van der Waals surface area contributed by atoms with Gasteiger partial charge < -0.3 is 0 Å². The van der Waals surface area contributed by atoms with Gasteiger partial charge in [0.25, 0.3) is 0 Å². The summed E-state index contributed by atoms with van der Waals surface area (Å²) in [6.07, 6.45) is 1.21. The Morgan fingerprint density at radius 3 is 2.11 bits per heavy atom. The molecular weight excluding hydrogens is 244 g/mol. The van der Waals surface area contributed by atoms with Crippen molar-refractivity contribution in [3.63, 3.8) is 0 Å². The molecule has 0 spiro atoms. The van der Waals surface area contributed by atoms with Gasteiger partial charge in [-0.1, -0.05) is 55.1 Å². The topological polar surface area (TPSA) is 34.1 Å². The second-order valence-electron chi connectivity index (χ2n) is 4.11. The number of hydrogen-bond donors (Lipinski definition) is 0. The van der Waals surface area contributed by atoms with Gasteiger partial charge in [0.1, 0.15) is 0 Å². The van der Waals surface area contributed by atoms with Crippen molar-refractivity contribution >= 4 is 15.4 Å². The van der Waals surface area contributed by atoms with Crippen LogP contribution in [0.15, 0.2) is 66.1 Å². The third-order valence-corrected chi connectivity index (χ3v) is 3.89. The zero-order valence-corrected chi connectivity index (χ0v) is 10.9. The molecule has 0 aliphatic heterocycles. The second-order valence-corrected chi connectivity index (χ2v) is 6.10. The minimum Gasteiger partial charge on any atom is -0.224 e. The van der Waals surface area contributed by atoms with Crippen LogP contribution in [0.3, 0.4) is 0 Å². The van der Waals surface area contributed by atoms with E-state index in [1.807, 2.05) is 36.4 Å². The summed E-state index contributed by atoms with van der Waals surface area (Å²) >= 11 is 0. The van der Waals surface area contributed by atoms with E-state index in [0.29, 0.717) is 10.5 Å². The largest absolute Gasteiger partial charge is 0.224 e. The highest BCUT2D eigenvalue weighted by Gasteiger charge is 2.14. The lowest BCUT2D eigenvalue weighted by molar-refractivity contribution is 0.601. The Morgan fingerprint density at radius 1 is 0.944 bits per heavy atom. The predicted molar refractivity (Wildman–Crippen MR) is 74.1 cm³/mol. The molecule has 0 fully saturated rings. The van der Waals surface area contributed by atoms with E-state index >= 15 is 0 Å². The fraction of sp³-hybridized carbons (Fsp3) is 0.0667. The van der Waals surface area contributed by atoms with Gasteiger partial charge in [-0.25, -0.2) is 8.42 Å². The highest BCUT2D eigenvalue weighted by molar-refractivity contribution is 7.90. The average molecular weight is 258 g/mol. The molecule has 3 heteroatoms. The molecule has 0 heterocycles. The maximum absolute atomic E-state index is 11.7. The molecule has 0 bridgehead atoms. The SMILES string of the molecule is C=C(c1ccccc1)c1ccccc1S(C)(=O)=O. The minimum atomic E-state index is -3.25. The molecule has 0 saturated heterocycles. The lowest BCUT2D eigenvalue weighted by Gasteiger charge is -2.10. The van der Waals surface area contributed by atoms with Gasteiger partial charge >= 0.3 is 0 Å². The van der Waals surface area contributed by atoms with Crippen molar-refractivity contribution in [1.82, 2.24) is 0 Å². The van der Waals surface area contributed by atoms with Gasteiger partial charge in [0.2, 0.25) is 0 Å². The Labute approximate surface area is 108 Å². The van der Waals surface area contributed by atoms with Crippen molar-refractivity contribution in [2.45, 2.75) is 4.90 Å². The zero-order chi connectivity index (χ0) is 13.2. The molecule has 18 heavy (non-hydrogen) atoms. The van der Waals surface area contributed by atoms with Crippen LogP contribution >= 0.6 is 0 Å². The summed E-state index contributed by atoms with van der Waals surface area (Å²) in [6.45, 7) is 4.00. The van der Waals surface area contributed by atoms with Crippen LogP contribution in [0.2, 0.25) is 0 Å². The van der Waals surface area contributed by atoms with Gasteiger partial charge in [-0.15, -0.1) is 0 Å². The van der Waals surface area contributed by atoms with Crippen molar-refractivity contribution in [3.05, 3.63) is 72.3 Å². The summed E-state index contributed by atoms with van der Waals surface area (Å²) in [7, 11) is -3.25. The van der Waals surface area contributed by atoms with Crippen LogP contribution in [-0.4, -0.2) is 14.7 Å². The van der Waals surface area contributed by atoms with Gasteiger partial charge in [-0.2, -0.15) is 0 Å². The highest BCUT2D eigenvalue weighted by Crippen LogP contribution is 2.27. The van der Waals surface area contributed by atoms with E-state index in [-0.39, 0.29) is 0 Å². The zero-order valence-electron chi connectivity index (χ0n) is 10.1. The standard InChI is InChI=1S/C15H14O2S/c1-12(13-8-4-3-5-9-13)14-10-6-7-11-15(14)18(2,16)17/h3-11H,1H2,2H3. The Morgan fingerprint density at radius 2 is 1.50 bits per heavy atom. The van der Waals surface area contributed by atoms with Gasteiger partial charge in [-0.05, 0) is 17.2 Å². The molecule has 0 atom stereocenters. The predicted octanol–water partition coefficient (Wildman–Crippen LogP) is 3.15. The van der Waals surface area contributed by atoms with Crippen LogP contribution in [0, 0.1) is 0 Å². The molecule has 0 saturated carbocycles. The summed E-state index contributed by atoms with van der Waals surface area (Å²) in [5.41, 5.74) is 2.30. The first-order valence-electron chi connectivity index (χ1n) is 5.54. The van der Waals surface area contributed by atoms with Crippen LogP contribution in [0.5, 0.6) is 0 Å². The maximum atomic E-state index is 11.7. The summed E-state index contributed by atoms with van der Waals surface area (Å²) < 4.78 is 23.5. The summed E-state index contributed by atoms with van der Waals surface area (Å²) in [6, 6.07) is 16.5. The van der Waals surface area contributed by atoms with E-state index in [1.54, 1.807) is 18.2 Å². The van der Waals surface area contributed by atoms with E-state index in [1.165, 1.54) is 6.26 Å². The fourth-order valence-electron chi connectivity index (χ4n) is 1.83. The molecule has 0 aliphatic rings. The van der Waals surface area contributed by atoms with Crippen LogP contribution < -0.4 is 0 Å². The Hall–Kier alpha value is -1.87. The van der Waals surface area contributed by atoms with Gasteiger partial charge in [0, 0.05) is 11.8 Å². The second kappa shape index (κ2) is 4.78. The van der Waals surface area contributed by atoms with Gasteiger partial charge in [-0.3, -0.25) is 0 Å². The fourth-order valence-corrected chi connectivity index (χ4v) is 2.75. The number of rotatable bonds is 3. The minimum absolute atomic E-state index is 0.318. The van der Waals surface area contributed by atoms with Crippen molar-refractivity contribution in [2.24, 2.45) is 0 Å². The van der Waals surface area contributed by atoms with E-state index < -0.39 is 9.84 Å². The van der Waals surface area contributed by atoms with E-state index in [4.69, 9.17) is 0 Å². The summed E-state index contributed by atoms with van der Waals surface area (Å²) in [5, 5.41) is 0. The summed E-state index contributed by atoms with van der Waals surface area (Å²) in [5.74, 6) is 0. The van der Waals surface area contributed by atoms with Crippen molar-refractivity contribution in [3.8, 4) is 0 Å².